The molecule has 3 heteroatoms. The molecule has 72 valence electrons. The van der Waals surface area contributed by atoms with Gasteiger partial charge >= 0.3 is 5.97 Å². The Morgan fingerprint density at radius 3 is 3.00 bits per heavy atom. The highest BCUT2D eigenvalue weighted by atomic mass is 16.5. The Kier molecular flexibility index (Phi) is 3.68. The molecule has 0 spiro atoms. The first kappa shape index (κ1) is 9.96. The predicted molar refractivity (Wildman–Crippen MR) is 48.1 cm³/mol. The van der Waals surface area contributed by atoms with Crippen LogP contribution >= 0.6 is 0 Å². The summed E-state index contributed by atoms with van der Waals surface area (Å²) in [6.45, 7) is 0. The highest BCUT2D eigenvalue weighted by molar-refractivity contribution is 5.82. The van der Waals surface area contributed by atoms with E-state index in [9.17, 15) is 9.59 Å². The van der Waals surface area contributed by atoms with Gasteiger partial charge in [0.15, 0.2) is 0 Å². The summed E-state index contributed by atoms with van der Waals surface area (Å²) in [5.41, 5.74) is 0. The predicted octanol–water partition coefficient (Wildman–Crippen LogP) is 1.47. The van der Waals surface area contributed by atoms with E-state index in [4.69, 9.17) is 0 Å². The fraction of sp³-hybridized carbons (Fsp3) is 0.600. The average Bonchev–Trinajstić information content (AvgIpc) is 2.51. The molecule has 0 amide bonds. The Labute approximate surface area is 77.8 Å². The molecule has 1 aliphatic carbocycles. The summed E-state index contributed by atoms with van der Waals surface area (Å²) < 4.78 is 4.44. The van der Waals surface area contributed by atoms with E-state index in [2.05, 4.69) is 4.74 Å². The van der Waals surface area contributed by atoms with Gasteiger partial charge in [-0.1, -0.05) is 6.08 Å². The fourth-order valence-electron chi connectivity index (χ4n) is 1.52. The van der Waals surface area contributed by atoms with Crippen LogP contribution in [0.4, 0.5) is 0 Å². The molecule has 1 fully saturated rings. The monoisotopic (exact) mass is 182 g/mol. The Balaban J connectivity index is 2.23. The maximum Gasteiger partial charge on any atom is 0.330 e. The van der Waals surface area contributed by atoms with E-state index >= 15 is 0 Å². The van der Waals surface area contributed by atoms with Crippen molar-refractivity contribution >= 4 is 11.8 Å². The van der Waals surface area contributed by atoms with Gasteiger partial charge in [-0.3, -0.25) is 4.79 Å². The smallest absolute Gasteiger partial charge is 0.330 e. The lowest BCUT2D eigenvalue weighted by Gasteiger charge is -2.01. The quantitative estimate of drug-likeness (QED) is 0.490. The lowest BCUT2D eigenvalue weighted by Crippen LogP contribution is -1.96. The third-order valence-electron chi connectivity index (χ3n) is 2.27. The van der Waals surface area contributed by atoms with Gasteiger partial charge in [-0.15, -0.1) is 0 Å². The van der Waals surface area contributed by atoms with Crippen LogP contribution in [0.2, 0.25) is 0 Å². The molecule has 13 heavy (non-hydrogen) atoms. The van der Waals surface area contributed by atoms with Crippen LogP contribution in [0.3, 0.4) is 0 Å². The van der Waals surface area contributed by atoms with Gasteiger partial charge in [0.2, 0.25) is 0 Å². The van der Waals surface area contributed by atoms with E-state index in [1.807, 2.05) is 0 Å². The topological polar surface area (TPSA) is 43.4 Å². The molecule has 0 saturated heterocycles. The van der Waals surface area contributed by atoms with Gasteiger partial charge in [0, 0.05) is 18.9 Å². The third-order valence-corrected chi connectivity index (χ3v) is 2.27. The Morgan fingerprint density at radius 2 is 2.46 bits per heavy atom. The van der Waals surface area contributed by atoms with Crippen LogP contribution in [0.5, 0.6) is 0 Å². The summed E-state index contributed by atoms with van der Waals surface area (Å²) in [5, 5.41) is 0. The number of hydrogen-bond donors (Lipinski definition) is 0. The van der Waals surface area contributed by atoms with Gasteiger partial charge in [0.25, 0.3) is 0 Å². The largest absolute Gasteiger partial charge is 0.466 e. The normalized spacial score (nSPS) is 22.5. The summed E-state index contributed by atoms with van der Waals surface area (Å²) in [7, 11) is 1.35. The number of ether oxygens (including phenoxy) is 1. The second-order valence-corrected chi connectivity index (χ2v) is 3.31. The summed E-state index contributed by atoms with van der Waals surface area (Å²) in [6, 6.07) is 0. The number of ketones is 1. The maximum atomic E-state index is 10.9. The van der Waals surface area contributed by atoms with Gasteiger partial charge in [0.05, 0.1) is 7.11 Å². The number of esters is 1. The first-order valence-electron chi connectivity index (χ1n) is 4.48. The van der Waals surface area contributed by atoms with Crippen LogP contribution in [0, 0.1) is 5.92 Å². The molecule has 1 atom stereocenters. The van der Waals surface area contributed by atoms with Crippen LogP contribution in [0.15, 0.2) is 12.2 Å². The molecule has 1 unspecified atom stereocenters. The minimum absolute atomic E-state index is 0.329. The lowest BCUT2D eigenvalue weighted by molar-refractivity contribution is -0.134. The summed E-state index contributed by atoms with van der Waals surface area (Å²) in [4.78, 5) is 21.6. The maximum absolute atomic E-state index is 10.9. The summed E-state index contributed by atoms with van der Waals surface area (Å²) in [5.74, 6) is 0.453. The zero-order chi connectivity index (χ0) is 9.68. The molecule has 1 rings (SSSR count). The number of rotatable bonds is 3. The molecular formula is C10H14O3. The van der Waals surface area contributed by atoms with Crippen molar-refractivity contribution in [2.75, 3.05) is 7.11 Å². The minimum Gasteiger partial charge on any atom is -0.466 e. The molecule has 0 aromatic rings. The molecule has 0 bridgehead atoms. The zero-order valence-corrected chi connectivity index (χ0v) is 7.79. The van der Waals surface area contributed by atoms with Crippen molar-refractivity contribution in [2.45, 2.75) is 25.7 Å². The van der Waals surface area contributed by atoms with Crippen LogP contribution in [-0.2, 0) is 14.3 Å². The molecule has 0 aromatic carbocycles. The van der Waals surface area contributed by atoms with Crippen molar-refractivity contribution in [3.8, 4) is 0 Å². The molecule has 1 saturated carbocycles. The van der Waals surface area contributed by atoms with Crippen LogP contribution in [0.1, 0.15) is 25.7 Å². The fourth-order valence-corrected chi connectivity index (χ4v) is 1.52. The summed E-state index contributed by atoms with van der Waals surface area (Å²) >= 11 is 0. The number of carbonyl (C=O) groups excluding carboxylic acids is 2. The van der Waals surface area contributed by atoms with Crippen LogP contribution < -0.4 is 0 Å². The highest BCUT2D eigenvalue weighted by Crippen LogP contribution is 2.24. The minimum atomic E-state index is -0.329. The van der Waals surface area contributed by atoms with Gasteiger partial charge in [-0.25, -0.2) is 4.79 Å². The van der Waals surface area contributed by atoms with Crippen molar-refractivity contribution < 1.29 is 14.3 Å². The second-order valence-electron chi connectivity index (χ2n) is 3.31. The van der Waals surface area contributed by atoms with Crippen molar-refractivity contribution in [1.29, 1.82) is 0 Å². The van der Waals surface area contributed by atoms with Crippen molar-refractivity contribution in [3.05, 3.63) is 12.2 Å². The molecule has 3 nitrogen and oxygen atoms in total. The molecule has 0 aromatic heterocycles. The number of hydrogen-bond acceptors (Lipinski definition) is 3. The molecule has 0 N–H and O–H groups in total. The van der Waals surface area contributed by atoms with Crippen molar-refractivity contribution in [3.63, 3.8) is 0 Å². The standard InChI is InChI=1S/C10H14O3/c1-13-10(12)4-2-3-8-5-6-9(11)7-8/h2,4,8H,3,5-7H2,1H3/b4-2+. The second kappa shape index (κ2) is 4.80. The first-order valence-corrected chi connectivity index (χ1v) is 4.48. The number of Topliss-reactive ketones (excluding diaryl/α,β-unsaturated/α-hetero) is 1. The highest BCUT2D eigenvalue weighted by Gasteiger charge is 2.20. The van der Waals surface area contributed by atoms with Gasteiger partial charge in [0.1, 0.15) is 5.78 Å². The number of methoxy groups -OCH3 is 1. The van der Waals surface area contributed by atoms with E-state index < -0.39 is 0 Å². The van der Waals surface area contributed by atoms with E-state index in [0.29, 0.717) is 24.5 Å². The molecular weight excluding hydrogens is 168 g/mol. The lowest BCUT2D eigenvalue weighted by atomic mass is 10.0. The molecule has 0 aliphatic heterocycles. The van der Waals surface area contributed by atoms with Crippen LogP contribution in [0.25, 0.3) is 0 Å². The van der Waals surface area contributed by atoms with E-state index in [-0.39, 0.29) is 5.97 Å². The molecule has 0 radical (unpaired) electrons. The average molecular weight is 182 g/mol. The summed E-state index contributed by atoms with van der Waals surface area (Å²) in [6.07, 6.45) is 6.35. The van der Waals surface area contributed by atoms with Crippen molar-refractivity contribution in [1.82, 2.24) is 0 Å². The van der Waals surface area contributed by atoms with Gasteiger partial charge < -0.3 is 4.74 Å². The number of allylic oxidation sites excluding steroid dienone is 1. The Bertz CT molecular complexity index is 230. The molecule has 1 aliphatic rings. The van der Waals surface area contributed by atoms with Crippen LogP contribution in [-0.4, -0.2) is 18.9 Å². The van der Waals surface area contributed by atoms with Gasteiger partial charge in [-0.2, -0.15) is 0 Å². The number of carbonyl (C=O) groups is 2. The van der Waals surface area contributed by atoms with Gasteiger partial charge in [-0.05, 0) is 18.8 Å². The Hall–Kier alpha value is -1.12. The first-order chi connectivity index (χ1) is 6.22. The Morgan fingerprint density at radius 1 is 1.69 bits per heavy atom. The SMILES string of the molecule is COC(=O)/C=C/CC1CCC(=O)C1. The molecule has 0 heterocycles. The van der Waals surface area contributed by atoms with E-state index in [1.54, 1.807) is 6.08 Å². The van der Waals surface area contributed by atoms with Crippen molar-refractivity contribution in [2.24, 2.45) is 5.92 Å². The third kappa shape index (κ3) is 3.40. The van der Waals surface area contributed by atoms with E-state index in [1.165, 1.54) is 13.2 Å². The zero-order valence-electron chi connectivity index (χ0n) is 7.79. The van der Waals surface area contributed by atoms with E-state index in [0.717, 1.165) is 12.8 Å².